The first-order valence-electron chi connectivity index (χ1n) is 5.83. The van der Waals surface area contributed by atoms with Crippen molar-refractivity contribution in [1.82, 2.24) is 0 Å². The molecule has 1 N–H and O–H groups in total. The monoisotopic (exact) mass is 250 g/mol. The molecule has 0 saturated carbocycles. The molecule has 0 saturated heterocycles. The summed E-state index contributed by atoms with van der Waals surface area (Å²) in [5.74, 6) is -0.932. The summed E-state index contributed by atoms with van der Waals surface area (Å²) < 4.78 is 0. The van der Waals surface area contributed by atoms with Crippen molar-refractivity contribution < 1.29 is 14.7 Å². The van der Waals surface area contributed by atoms with Crippen LogP contribution in [0.5, 0.6) is 0 Å². The van der Waals surface area contributed by atoms with Gasteiger partial charge in [0.15, 0.2) is 0 Å². The van der Waals surface area contributed by atoms with Gasteiger partial charge in [0.1, 0.15) is 6.29 Å². The minimum Gasteiger partial charge on any atom is -0.478 e. The molecule has 0 aliphatic carbocycles. The average Bonchev–Trinajstić information content (AvgIpc) is 2.43. The van der Waals surface area contributed by atoms with E-state index in [1.165, 1.54) is 0 Å². The molecule has 3 rings (SSSR count). The van der Waals surface area contributed by atoms with Gasteiger partial charge in [-0.15, -0.1) is 0 Å². The number of rotatable bonds is 2. The number of carbonyl (C=O) groups is 2. The average molecular weight is 250 g/mol. The number of carbonyl (C=O) groups excluding carboxylic acids is 1. The van der Waals surface area contributed by atoms with Gasteiger partial charge in [0.2, 0.25) is 0 Å². The molecule has 3 aromatic rings. The third-order valence-electron chi connectivity index (χ3n) is 3.20. The fourth-order valence-corrected chi connectivity index (χ4v) is 2.22. The number of benzene rings is 3. The Morgan fingerprint density at radius 1 is 0.842 bits per heavy atom. The Labute approximate surface area is 109 Å². The lowest BCUT2D eigenvalue weighted by atomic mass is 10.0. The van der Waals surface area contributed by atoms with Crippen LogP contribution in [0.3, 0.4) is 0 Å². The van der Waals surface area contributed by atoms with Crippen molar-refractivity contribution in [2.75, 3.05) is 0 Å². The van der Waals surface area contributed by atoms with Crippen molar-refractivity contribution in [1.29, 1.82) is 0 Å². The topological polar surface area (TPSA) is 54.4 Å². The van der Waals surface area contributed by atoms with E-state index in [9.17, 15) is 9.59 Å². The van der Waals surface area contributed by atoms with E-state index in [1.807, 2.05) is 24.3 Å². The highest BCUT2D eigenvalue weighted by Crippen LogP contribution is 2.24. The van der Waals surface area contributed by atoms with Crippen molar-refractivity contribution in [2.24, 2.45) is 0 Å². The second kappa shape index (κ2) is 4.21. The van der Waals surface area contributed by atoms with Gasteiger partial charge >= 0.3 is 5.97 Å². The minimum absolute atomic E-state index is 0.274. The molecule has 0 unspecified atom stereocenters. The molecule has 0 heterocycles. The first kappa shape index (κ1) is 11.4. The Morgan fingerprint density at radius 2 is 1.47 bits per heavy atom. The van der Waals surface area contributed by atoms with Crippen LogP contribution < -0.4 is 0 Å². The van der Waals surface area contributed by atoms with E-state index in [2.05, 4.69) is 0 Å². The van der Waals surface area contributed by atoms with E-state index in [4.69, 9.17) is 5.11 Å². The van der Waals surface area contributed by atoms with Crippen molar-refractivity contribution in [3.63, 3.8) is 0 Å². The number of aldehydes is 1. The lowest BCUT2D eigenvalue weighted by molar-refractivity contribution is 0.0697. The molecule has 0 atom stereocenters. The van der Waals surface area contributed by atoms with Crippen molar-refractivity contribution >= 4 is 33.8 Å². The van der Waals surface area contributed by atoms with Crippen LogP contribution in [-0.4, -0.2) is 17.4 Å². The zero-order valence-corrected chi connectivity index (χ0v) is 9.96. The second-order valence-corrected chi connectivity index (χ2v) is 4.44. The van der Waals surface area contributed by atoms with Gasteiger partial charge in [-0.3, -0.25) is 4.79 Å². The maximum Gasteiger partial charge on any atom is 0.335 e. The largest absolute Gasteiger partial charge is 0.478 e. The Morgan fingerprint density at radius 3 is 2.11 bits per heavy atom. The molecule has 3 aromatic carbocycles. The molecular weight excluding hydrogens is 240 g/mol. The maximum atomic E-state index is 11.0. The van der Waals surface area contributed by atoms with Crippen LogP contribution in [-0.2, 0) is 0 Å². The zero-order chi connectivity index (χ0) is 13.4. The number of fused-ring (bicyclic) bond motifs is 2. The van der Waals surface area contributed by atoms with Crippen LogP contribution in [0.25, 0.3) is 21.5 Å². The fourth-order valence-electron chi connectivity index (χ4n) is 2.22. The lowest BCUT2D eigenvalue weighted by Gasteiger charge is -2.04. The standard InChI is InChI=1S/C16H10O3/c17-9-10-1-2-11-7-15-8-13(16(18)19)4-3-12(15)6-14(11)5-10/h1-9H,(H,18,19). The summed E-state index contributed by atoms with van der Waals surface area (Å²) in [6.45, 7) is 0. The molecule has 0 aromatic heterocycles. The van der Waals surface area contributed by atoms with Gasteiger partial charge in [-0.1, -0.05) is 18.2 Å². The minimum atomic E-state index is -0.932. The summed E-state index contributed by atoms with van der Waals surface area (Å²) in [6.07, 6.45) is 0.817. The first-order chi connectivity index (χ1) is 9.17. The molecule has 3 heteroatoms. The van der Waals surface area contributed by atoms with E-state index in [0.29, 0.717) is 5.56 Å². The van der Waals surface area contributed by atoms with Crippen LogP contribution in [0, 0.1) is 0 Å². The normalized spacial score (nSPS) is 10.7. The Balaban J connectivity index is 2.31. The molecule has 0 radical (unpaired) electrons. The van der Waals surface area contributed by atoms with Gasteiger partial charge < -0.3 is 5.11 Å². The third kappa shape index (κ3) is 1.95. The quantitative estimate of drug-likeness (QED) is 0.559. The predicted molar refractivity (Wildman–Crippen MR) is 73.8 cm³/mol. The van der Waals surface area contributed by atoms with Gasteiger partial charge in [0.25, 0.3) is 0 Å². The van der Waals surface area contributed by atoms with Gasteiger partial charge in [-0.05, 0) is 51.9 Å². The third-order valence-corrected chi connectivity index (χ3v) is 3.20. The number of aromatic carboxylic acids is 1. The molecular formula is C16H10O3. The molecule has 0 spiro atoms. The predicted octanol–water partition coefficient (Wildman–Crippen LogP) is 3.50. The van der Waals surface area contributed by atoms with E-state index in [-0.39, 0.29) is 5.56 Å². The highest BCUT2D eigenvalue weighted by Gasteiger charge is 2.05. The summed E-state index contributed by atoms with van der Waals surface area (Å²) in [4.78, 5) is 21.7. The second-order valence-electron chi connectivity index (χ2n) is 4.44. The highest BCUT2D eigenvalue weighted by molar-refractivity contribution is 6.02. The van der Waals surface area contributed by atoms with Crippen molar-refractivity contribution in [2.45, 2.75) is 0 Å². The lowest BCUT2D eigenvalue weighted by Crippen LogP contribution is -1.95. The Kier molecular flexibility index (Phi) is 2.53. The van der Waals surface area contributed by atoms with Crippen LogP contribution in [0.2, 0.25) is 0 Å². The van der Waals surface area contributed by atoms with Gasteiger partial charge in [-0.25, -0.2) is 4.79 Å². The smallest absolute Gasteiger partial charge is 0.335 e. The van der Waals surface area contributed by atoms with Crippen LogP contribution >= 0.6 is 0 Å². The summed E-state index contributed by atoms with van der Waals surface area (Å²) in [5.41, 5.74) is 0.908. The number of hydrogen-bond donors (Lipinski definition) is 1. The van der Waals surface area contributed by atoms with Gasteiger partial charge in [-0.2, -0.15) is 0 Å². The van der Waals surface area contributed by atoms with Gasteiger partial charge in [0, 0.05) is 5.56 Å². The Hall–Kier alpha value is -2.68. The van der Waals surface area contributed by atoms with E-state index in [0.717, 1.165) is 27.8 Å². The number of carboxylic acid groups (broad SMARTS) is 1. The number of carboxylic acids is 1. The van der Waals surface area contributed by atoms with E-state index < -0.39 is 5.97 Å². The molecule has 0 amide bonds. The van der Waals surface area contributed by atoms with Crippen LogP contribution in [0.15, 0.2) is 48.5 Å². The van der Waals surface area contributed by atoms with Crippen molar-refractivity contribution in [3.05, 3.63) is 59.7 Å². The molecule has 3 nitrogen and oxygen atoms in total. The fraction of sp³-hybridized carbons (Fsp3) is 0. The Bertz CT molecular complexity index is 819. The summed E-state index contributed by atoms with van der Waals surface area (Å²) in [6, 6.07) is 14.4. The highest BCUT2D eigenvalue weighted by atomic mass is 16.4. The molecule has 0 bridgehead atoms. The SMILES string of the molecule is O=Cc1ccc2cc3cc(C(=O)O)ccc3cc2c1. The van der Waals surface area contributed by atoms with E-state index >= 15 is 0 Å². The van der Waals surface area contributed by atoms with Crippen LogP contribution in [0.4, 0.5) is 0 Å². The molecule has 92 valence electrons. The summed E-state index contributed by atoms with van der Waals surface area (Å²) >= 11 is 0. The zero-order valence-electron chi connectivity index (χ0n) is 9.96. The first-order valence-corrected chi connectivity index (χ1v) is 5.83. The summed E-state index contributed by atoms with van der Waals surface area (Å²) in [7, 11) is 0. The molecule has 19 heavy (non-hydrogen) atoms. The number of hydrogen-bond acceptors (Lipinski definition) is 2. The molecule has 0 aliphatic heterocycles. The van der Waals surface area contributed by atoms with Gasteiger partial charge in [0.05, 0.1) is 5.56 Å². The summed E-state index contributed by atoms with van der Waals surface area (Å²) in [5, 5.41) is 12.8. The van der Waals surface area contributed by atoms with Crippen molar-refractivity contribution in [3.8, 4) is 0 Å². The van der Waals surface area contributed by atoms with Crippen LogP contribution in [0.1, 0.15) is 20.7 Å². The van der Waals surface area contributed by atoms with E-state index in [1.54, 1.807) is 24.3 Å². The molecule has 0 aliphatic rings. The molecule has 0 fully saturated rings. The maximum absolute atomic E-state index is 11.0.